The molecule has 3 heterocycles. The van der Waals surface area contributed by atoms with E-state index in [4.69, 9.17) is 4.74 Å². The van der Waals surface area contributed by atoms with E-state index in [2.05, 4.69) is 4.98 Å². The number of aromatic nitrogens is 2. The summed E-state index contributed by atoms with van der Waals surface area (Å²) in [5.41, 5.74) is 1.87. The molecule has 1 aromatic carbocycles. The molecule has 1 aliphatic rings. The third-order valence-electron chi connectivity index (χ3n) is 4.92. The molecule has 0 spiro atoms. The van der Waals surface area contributed by atoms with E-state index in [0.717, 1.165) is 11.1 Å². The number of sulfonamides is 1. The predicted molar refractivity (Wildman–Crippen MR) is 108 cm³/mol. The summed E-state index contributed by atoms with van der Waals surface area (Å²) in [6.07, 6.45) is 1.87. The van der Waals surface area contributed by atoms with Crippen LogP contribution >= 0.6 is 11.3 Å². The second-order valence-corrected chi connectivity index (χ2v) is 9.77. The largest absolute Gasteiger partial charge is 0.458 e. The van der Waals surface area contributed by atoms with Gasteiger partial charge in [0.25, 0.3) is 5.56 Å². The van der Waals surface area contributed by atoms with Crippen LogP contribution < -0.4 is 5.56 Å². The van der Waals surface area contributed by atoms with Gasteiger partial charge in [0.15, 0.2) is 4.96 Å². The fourth-order valence-corrected chi connectivity index (χ4v) is 5.32. The smallest absolute Gasteiger partial charge is 0.325 e. The summed E-state index contributed by atoms with van der Waals surface area (Å²) in [5, 5.41) is 1.74. The molecule has 0 saturated carbocycles. The van der Waals surface area contributed by atoms with Gasteiger partial charge in [-0.1, -0.05) is 24.3 Å². The number of esters is 1. The van der Waals surface area contributed by atoms with Crippen LogP contribution in [0.2, 0.25) is 0 Å². The Hall–Kier alpha value is -2.56. The molecule has 1 aliphatic heterocycles. The molecule has 29 heavy (non-hydrogen) atoms. The van der Waals surface area contributed by atoms with Gasteiger partial charge in [0.1, 0.15) is 12.6 Å². The number of rotatable bonds is 5. The molecule has 2 aromatic heterocycles. The Morgan fingerprint density at radius 2 is 2.07 bits per heavy atom. The van der Waals surface area contributed by atoms with Crippen molar-refractivity contribution in [2.45, 2.75) is 32.5 Å². The van der Waals surface area contributed by atoms with Gasteiger partial charge in [0.05, 0.1) is 11.4 Å². The topological polar surface area (TPSA) is 98.0 Å². The van der Waals surface area contributed by atoms with Crippen molar-refractivity contribution in [3.8, 4) is 0 Å². The van der Waals surface area contributed by atoms with Crippen LogP contribution in [0.15, 0.2) is 46.7 Å². The van der Waals surface area contributed by atoms with Crippen LogP contribution in [0.3, 0.4) is 0 Å². The van der Waals surface area contributed by atoms with Crippen molar-refractivity contribution >= 4 is 32.3 Å². The first-order valence-corrected chi connectivity index (χ1v) is 11.6. The summed E-state index contributed by atoms with van der Waals surface area (Å²) in [6.45, 7) is 1.49. The molecule has 1 atom stereocenters. The lowest BCUT2D eigenvalue weighted by Crippen LogP contribution is -2.49. The van der Waals surface area contributed by atoms with Crippen molar-refractivity contribution < 1.29 is 17.9 Å². The van der Waals surface area contributed by atoms with Gasteiger partial charge in [-0.3, -0.25) is 14.0 Å². The molecule has 0 bridgehead atoms. The third-order valence-corrected chi connectivity index (χ3v) is 7.50. The number of carbonyl (C=O) groups is 1. The quantitative estimate of drug-likeness (QED) is 0.567. The van der Waals surface area contributed by atoms with Crippen molar-refractivity contribution in [1.29, 1.82) is 0 Å². The lowest BCUT2D eigenvalue weighted by atomic mass is 9.96. The maximum atomic E-state index is 12.8. The van der Waals surface area contributed by atoms with E-state index < -0.39 is 22.0 Å². The highest BCUT2D eigenvalue weighted by atomic mass is 32.2. The first-order chi connectivity index (χ1) is 13.9. The summed E-state index contributed by atoms with van der Waals surface area (Å²) in [5.74, 6) is -0.753. The Bertz CT molecular complexity index is 1230. The second-order valence-electron chi connectivity index (χ2n) is 6.68. The summed E-state index contributed by atoms with van der Waals surface area (Å²) in [7, 11) is -3.60. The number of hydrogen-bond donors (Lipinski definition) is 0. The zero-order chi connectivity index (χ0) is 20.6. The fourth-order valence-electron chi connectivity index (χ4n) is 3.36. The predicted octanol–water partition coefficient (Wildman–Crippen LogP) is 1.58. The van der Waals surface area contributed by atoms with Gasteiger partial charge >= 0.3 is 5.97 Å². The third kappa shape index (κ3) is 3.83. The van der Waals surface area contributed by atoms with E-state index in [1.165, 1.54) is 26.1 Å². The molecule has 8 nitrogen and oxygen atoms in total. The van der Waals surface area contributed by atoms with Crippen molar-refractivity contribution in [2.75, 3.05) is 5.75 Å². The normalized spacial score (nSPS) is 17.2. The highest BCUT2D eigenvalue weighted by Gasteiger charge is 2.39. The molecular weight excluding hydrogens is 414 g/mol. The Balaban J connectivity index is 1.57. The molecule has 0 N–H and O–H groups in total. The molecular formula is C19H19N3O5S2. The Morgan fingerprint density at radius 3 is 2.83 bits per heavy atom. The van der Waals surface area contributed by atoms with Crippen molar-refractivity contribution in [3.63, 3.8) is 0 Å². The number of carbonyl (C=O) groups excluding carboxylic acids is 1. The van der Waals surface area contributed by atoms with Crippen molar-refractivity contribution in [3.05, 3.63) is 69.1 Å². The highest BCUT2D eigenvalue weighted by Crippen LogP contribution is 2.27. The molecule has 0 fully saturated rings. The average molecular weight is 434 g/mol. The van der Waals surface area contributed by atoms with Crippen LogP contribution in [0.4, 0.5) is 0 Å². The van der Waals surface area contributed by atoms with Crippen LogP contribution in [0.1, 0.15) is 23.7 Å². The fraction of sp³-hybridized carbons (Fsp3) is 0.316. The summed E-state index contributed by atoms with van der Waals surface area (Å²) < 4.78 is 33.2. The van der Waals surface area contributed by atoms with Crippen LogP contribution in [-0.4, -0.2) is 39.9 Å². The van der Waals surface area contributed by atoms with E-state index >= 15 is 0 Å². The average Bonchev–Trinajstić information content (AvgIpc) is 3.20. The van der Waals surface area contributed by atoms with Crippen LogP contribution in [-0.2, 0) is 39.1 Å². The zero-order valence-electron chi connectivity index (χ0n) is 15.6. The van der Waals surface area contributed by atoms with Gasteiger partial charge in [0, 0.05) is 30.6 Å². The van der Waals surface area contributed by atoms with Crippen molar-refractivity contribution in [2.24, 2.45) is 0 Å². The van der Waals surface area contributed by atoms with E-state index in [9.17, 15) is 18.0 Å². The summed E-state index contributed by atoms with van der Waals surface area (Å²) in [4.78, 5) is 29.7. The van der Waals surface area contributed by atoms with E-state index in [1.807, 2.05) is 24.3 Å². The van der Waals surface area contributed by atoms with E-state index in [0.29, 0.717) is 10.7 Å². The molecule has 0 amide bonds. The minimum absolute atomic E-state index is 0.105. The van der Waals surface area contributed by atoms with Gasteiger partial charge in [0.2, 0.25) is 10.0 Å². The SMILES string of the molecule is CCS(=O)(=O)N1Cc2ccccc2CC1C(=O)OCc1cc(=O)n2ccsc2n1. The maximum absolute atomic E-state index is 12.8. The second kappa shape index (κ2) is 7.69. The standard InChI is InChI=1S/C19H19N3O5S2/c1-2-29(25,26)22-11-14-6-4-3-5-13(14)9-16(22)18(24)27-12-15-10-17(23)21-7-8-28-19(21)20-15/h3-8,10,16H,2,9,11-12H2,1H3. The Morgan fingerprint density at radius 1 is 1.31 bits per heavy atom. The summed E-state index contributed by atoms with van der Waals surface area (Å²) >= 11 is 1.30. The van der Waals surface area contributed by atoms with E-state index in [-0.39, 0.29) is 30.9 Å². The van der Waals surface area contributed by atoms with E-state index in [1.54, 1.807) is 18.5 Å². The molecule has 0 aliphatic carbocycles. The monoisotopic (exact) mass is 433 g/mol. The first-order valence-electron chi connectivity index (χ1n) is 9.08. The minimum Gasteiger partial charge on any atom is -0.458 e. The summed E-state index contributed by atoms with van der Waals surface area (Å²) in [6, 6.07) is 7.82. The lowest BCUT2D eigenvalue weighted by Gasteiger charge is -2.34. The number of ether oxygens (including phenoxy) is 1. The molecule has 3 aromatic rings. The Labute approximate surface area is 171 Å². The van der Waals surface area contributed by atoms with Gasteiger partial charge < -0.3 is 4.74 Å². The minimum atomic E-state index is -3.60. The highest BCUT2D eigenvalue weighted by molar-refractivity contribution is 7.89. The molecule has 1 unspecified atom stereocenters. The maximum Gasteiger partial charge on any atom is 0.325 e. The van der Waals surface area contributed by atoms with Gasteiger partial charge in [-0.2, -0.15) is 4.31 Å². The van der Waals surface area contributed by atoms with Gasteiger partial charge in [-0.05, 0) is 18.1 Å². The van der Waals surface area contributed by atoms with Crippen LogP contribution in [0, 0.1) is 0 Å². The number of benzene rings is 1. The molecule has 0 radical (unpaired) electrons. The number of thiazole rings is 1. The molecule has 152 valence electrons. The van der Waals surface area contributed by atoms with Crippen molar-refractivity contribution in [1.82, 2.24) is 13.7 Å². The van der Waals surface area contributed by atoms with Crippen LogP contribution in [0.5, 0.6) is 0 Å². The number of hydrogen-bond acceptors (Lipinski definition) is 7. The molecule has 0 saturated heterocycles. The Kier molecular flexibility index (Phi) is 5.24. The molecule has 4 rings (SSSR count). The first kappa shape index (κ1) is 19.7. The molecule has 10 heteroatoms. The zero-order valence-corrected chi connectivity index (χ0v) is 17.3. The number of nitrogens with zero attached hydrogens (tertiary/aromatic N) is 3. The number of fused-ring (bicyclic) bond motifs is 2. The lowest BCUT2D eigenvalue weighted by molar-refractivity contribution is -0.150. The van der Waals surface area contributed by atoms with Gasteiger partial charge in [-0.25, -0.2) is 13.4 Å². The van der Waals surface area contributed by atoms with Crippen LogP contribution in [0.25, 0.3) is 4.96 Å². The van der Waals surface area contributed by atoms with Gasteiger partial charge in [-0.15, -0.1) is 11.3 Å².